The van der Waals surface area contributed by atoms with Gasteiger partial charge >= 0.3 is 0 Å². The Hall–Kier alpha value is -2.23. The zero-order chi connectivity index (χ0) is 20.9. The Kier molecular flexibility index (Phi) is 4.91. The third kappa shape index (κ3) is 3.25. The molecule has 2 fully saturated rings. The van der Waals surface area contributed by atoms with E-state index in [-0.39, 0.29) is 11.4 Å². The Morgan fingerprint density at radius 1 is 1.27 bits per heavy atom. The summed E-state index contributed by atoms with van der Waals surface area (Å²) < 4.78 is 8.89. The Morgan fingerprint density at radius 2 is 2.07 bits per heavy atom. The molecule has 1 spiro atoms. The molecule has 0 saturated carbocycles. The highest BCUT2D eigenvalue weighted by Crippen LogP contribution is 2.40. The van der Waals surface area contributed by atoms with Crippen LogP contribution in [-0.2, 0) is 11.8 Å². The van der Waals surface area contributed by atoms with Crippen molar-refractivity contribution >= 4 is 40.6 Å². The monoisotopic (exact) mass is 446 g/mol. The second-order valence-electron chi connectivity index (χ2n) is 8.04. The van der Waals surface area contributed by atoms with E-state index in [0.29, 0.717) is 21.3 Å². The SMILES string of the molecule is Cn1c(N2CCC3(CCOC3)CC2)nc(N)c(Sc2ccn3nccc3c2Cl)c1=O. The van der Waals surface area contributed by atoms with Crippen LogP contribution in [0.3, 0.4) is 0 Å². The smallest absolute Gasteiger partial charge is 0.270 e. The number of nitrogens with zero attached hydrogens (tertiary/aromatic N) is 5. The van der Waals surface area contributed by atoms with E-state index in [1.54, 1.807) is 22.3 Å². The lowest BCUT2D eigenvalue weighted by Crippen LogP contribution is -2.43. The maximum absolute atomic E-state index is 13.1. The summed E-state index contributed by atoms with van der Waals surface area (Å²) in [5.74, 6) is 0.847. The second-order valence-corrected chi connectivity index (χ2v) is 9.47. The summed E-state index contributed by atoms with van der Waals surface area (Å²) in [5.41, 5.74) is 7.15. The highest BCUT2D eigenvalue weighted by molar-refractivity contribution is 7.99. The lowest BCUT2D eigenvalue weighted by molar-refractivity contribution is 0.133. The molecule has 2 saturated heterocycles. The largest absolute Gasteiger partial charge is 0.382 e. The second kappa shape index (κ2) is 7.47. The highest BCUT2D eigenvalue weighted by atomic mass is 35.5. The van der Waals surface area contributed by atoms with Crippen LogP contribution in [-0.4, -0.2) is 45.5 Å². The summed E-state index contributed by atoms with van der Waals surface area (Å²) >= 11 is 7.76. The maximum Gasteiger partial charge on any atom is 0.270 e. The first-order valence-corrected chi connectivity index (χ1v) is 11.2. The van der Waals surface area contributed by atoms with Crippen molar-refractivity contribution in [1.82, 2.24) is 19.2 Å². The van der Waals surface area contributed by atoms with Gasteiger partial charge in [0.1, 0.15) is 10.7 Å². The fourth-order valence-electron chi connectivity index (χ4n) is 4.32. The zero-order valence-electron chi connectivity index (χ0n) is 16.7. The third-order valence-electron chi connectivity index (χ3n) is 6.23. The van der Waals surface area contributed by atoms with Crippen LogP contribution in [0.5, 0.6) is 0 Å². The number of hydrogen-bond acceptors (Lipinski definition) is 7. The Bertz CT molecular complexity index is 1160. The topological polar surface area (TPSA) is 90.7 Å². The highest BCUT2D eigenvalue weighted by Gasteiger charge is 2.38. The Labute approximate surface area is 183 Å². The predicted octanol–water partition coefficient (Wildman–Crippen LogP) is 2.82. The number of rotatable bonds is 3. The van der Waals surface area contributed by atoms with E-state index >= 15 is 0 Å². The molecule has 0 radical (unpaired) electrons. The van der Waals surface area contributed by atoms with Crippen molar-refractivity contribution in [1.29, 1.82) is 0 Å². The van der Waals surface area contributed by atoms with Gasteiger partial charge < -0.3 is 15.4 Å². The summed E-state index contributed by atoms with van der Waals surface area (Å²) in [4.78, 5) is 21.0. The minimum Gasteiger partial charge on any atom is -0.382 e. The number of aromatic nitrogens is 4. The van der Waals surface area contributed by atoms with Crippen molar-refractivity contribution in [2.75, 3.05) is 36.9 Å². The Morgan fingerprint density at radius 3 is 2.80 bits per heavy atom. The molecule has 0 aliphatic carbocycles. The molecule has 3 aromatic heterocycles. The van der Waals surface area contributed by atoms with Gasteiger partial charge in [-0.2, -0.15) is 10.1 Å². The third-order valence-corrected chi connectivity index (χ3v) is 7.89. The van der Waals surface area contributed by atoms with Crippen LogP contribution in [0.15, 0.2) is 39.1 Å². The fourth-order valence-corrected chi connectivity index (χ4v) is 5.57. The van der Waals surface area contributed by atoms with E-state index in [4.69, 9.17) is 22.1 Å². The van der Waals surface area contributed by atoms with Gasteiger partial charge in [-0.1, -0.05) is 23.4 Å². The van der Waals surface area contributed by atoms with Crippen molar-refractivity contribution in [3.8, 4) is 0 Å². The van der Waals surface area contributed by atoms with E-state index in [0.717, 1.165) is 56.0 Å². The molecule has 30 heavy (non-hydrogen) atoms. The van der Waals surface area contributed by atoms with Gasteiger partial charge in [-0.15, -0.1) is 0 Å². The molecule has 2 aliphatic rings. The molecule has 0 amide bonds. The standard InChI is InChI=1S/C20H23ClN6O2S/c1-25-18(28)16(30-14-3-8-27-13(15(14)21)2-7-23-27)17(22)24-19(25)26-9-4-20(5-10-26)6-11-29-12-20/h2-3,7-8H,4-6,9-12,22H2,1H3. The Balaban J connectivity index is 1.43. The van der Waals surface area contributed by atoms with Gasteiger partial charge in [0, 0.05) is 37.8 Å². The molecule has 3 aromatic rings. The maximum atomic E-state index is 13.1. The lowest BCUT2D eigenvalue weighted by atomic mass is 9.78. The van der Waals surface area contributed by atoms with Crippen LogP contribution >= 0.6 is 23.4 Å². The van der Waals surface area contributed by atoms with Gasteiger partial charge in [0.15, 0.2) is 0 Å². The van der Waals surface area contributed by atoms with Gasteiger partial charge in [0.2, 0.25) is 5.95 Å². The van der Waals surface area contributed by atoms with Gasteiger partial charge in [0.25, 0.3) is 5.56 Å². The van der Waals surface area contributed by atoms with E-state index < -0.39 is 0 Å². The van der Waals surface area contributed by atoms with Crippen LogP contribution in [0.25, 0.3) is 5.52 Å². The summed E-state index contributed by atoms with van der Waals surface area (Å²) in [5, 5.41) is 4.71. The number of ether oxygens (including phenoxy) is 1. The fraction of sp³-hybridized carbons (Fsp3) is 0.450. The van der Waals surface area contributed by atoms with Gasteiger partial charge in [-0.05, 0) is 36.8 Å². The number of piperidine rings is 1. The average Bonchev–Trinajstić information content (AvgIpc) is 3.41. The molecule has 2 aliphatic heterocycles. The molecule has 10 heteroatoms. The van der Waals surface area contributed by atoms with Crippen molar-refractivity contribution in [2.45, 2.75) is 29.1 Å². The number of pyridine rings is 1. The number of anilines is 2. The van der Waals surface area contributed by atoms with Gasteiger partial charge in [-0.3, -0.25) is 9.36 Å². The van der Waals surface area contributed by atoms with E-state index in [1.165, 1.54) is 11.8 Å². The van der Waals surface area contributed by atoms with E-state index in [2.05, 4.69) is 15.0 Å². The number of halogens is 1. The molecule has 0 bridgehead atoms. The number of fused-ring (bicyclic) bond motifs is 1. The predicted molar refractivity (Wildman–Crippen MR) is 118 cm³/mol. The molecule has 5 rings (SSSR count). The average molecular weight is 447 g/mol. The van der Waals surface area contributed by atoms with Crippen LogP contribution in [0.1, 0.15) is 19.3 Å². The van der Waals surface area contributed by atoms with Crippen LogP contribution in [0, 0.1) is 5.41 Å². The molecule has 158 valence electrons. The van der Waals surface area contributed by atoms with Crippen molar-refractivity contribution in [2.24, 2.45) is 12.5 Å². The summed E-state index contributed by atoms with van der Waals surface area (Å²) in [7, 11) is 1.75. The van der Waals surface area contributed by atoms with Crippen molar-refractivity contribution in [3.63, 3.8) is 0 Å². The van der Waals surface area contributed by atoms with Crippen LogP contribution < -0.4 is 16.2 Å². The van der Waals surface area contributed by atoms with Crippen molar-refractivity contribution < 1.29 is 4.74 Å². The van der Waals surface area contributed by atoms with Crippen LogP contribution in [0.4, 0.5) is 11.8 Å². The number of nitrogen functional groups attached to an aromatic ring is 1. The zero-order valence-corrected chi connectivity index (χ0v) is 18.2. The molecule has 2 N–H and O–H groups in total. The molecule has 8 nitrogen and oxygen atoms in total. The first kappa shape index (κ1) is 19.7. The van der Waals surface area contributed by atoms with E-state index in [9.17, 15) is 4.79 Å². The van der Waals surface area contributed by atoms with Crippen molar-refractivity contribution in [3.05, 3.63) is 39.9 Å². The molecule has 0 aromatic carbocycles. The molecule has 5 heterocycles. The molecular weight excluding hydrogens is 424 g/mol. The van der Waals surface area contributed by atoms with E-state index in [1.807, 2.05) is 18.3 Å². The first-order valence-electron chi connectivity index (χ1n) is 9.96. The first-order chi connectivity index (χ1) is 14.5. The molecule has 0 unspecified atom stereocenters. The normalized spacial score (nSPS) is 18.5. The minimum absolute atomic E-state index is 0.170. The molecular formula is C20H23ClN6O2S. The summed E-state index contributed by atoms with van der Waals surface area (Å²) in [6.07, 6.45) is 6.69. The minimum atomic E-state index is -0.170. The van der Waals surface area contributed by atoms with Gasteiger partial charge in [0.05, 0.1) is 23.3 Å². The summed E-state index contributed by atoms with van der Waals surface area (Å²) in [6.45, 7) is 3.38. The number of hydrogen-bond donors (Lipinski definition) is 1. The quantitative estimate of drug-likeness (QED) is 0.661. The van der Waals surface area contributed by atoms with Gasteiger partial charge in [-0.25, -0.2) is 4.52 Å². The lowest BCUT2D eigenvalue weighted by Gasteiger charge is -2.39. The number of nitrogens with two attached hydrogens (primary N) is 1. The van der Waals surface area contributed by atoms with Crippen LogP contribution in [0.2, 0.25) is 5.02 Å². The summed E-state index contributed by atoms with van der Waals surface area (Å²) in [6, 6.07) is 3.65. The molecule has 0 atom stereocenters.